The van der Waals surface area contributed by atoms with Gasteiger partial charge in [0.15, 0.2) is 6.29 Å². The third-order valence-electron chi connectivity index (χ3n) is 1.67. The highest BCUT2D eigenvalue weighted by molar-refractivity contribution is 6.41. The number of rotatable bonds is 3. The van der Waals surface area contributed by atoms with Gasteiger partial charge in [0, 0.05) is 0 Å². The fourth-order valence-electron chi connectivity index (χ4n) is 0.923. The molecule has 1 atom stereocenters. The summed E-state index contributed by atoms with van der Waals surface area (Å²) in [6, 6.07) is 7.95. The number of benzene rings is 1. The zero-order valence-corrected chi connectivity index (χ0v) is 7.36. The van der Waals surface area contributed by atoms with Crippen LogP contribution in [0.5, 0.6) is 0 Å². The Bertz CT molecular complexity index is 323. The third kappa shape index (κ3) is 1.70. The third-order valence-corrected chi connectivity index (χ3v) is 2.14. The van der Waals surface area contributed by atoms with Crippen molar-refractivity contribution < 1.29 is 14.7 Å². The van der Waals surface area contributed by atoms with Crippen LogP contribution in [0.25, 0.3) is 0 Å². The summed E-state index contributed by atoms with van der Waals surface area (Å²) >= 11 is 5.62. The van der Waals surface area contributed by atoms with Gasteiger partial charge >= 0.3 is 5.97 Å². The minimum Gasteiger partial charge on any atom is -0.479 e. The van der Waals surface area contributed by atoms with Gasteiger partial charge < -0.3 is 9.90 Å². The number of alkyl halides is 1. The quantitative estimate of drug-likeness (QED) is 0.454. The zero-order chi connectivity index (χ0) is 9.90. The van der Waals surface area contributed by atoms with Gasteiger partial charge in [0.05, 0.1) is 0 Å². The standard InChI is InChI=1S/C9H7ClO3/c10-9(6-11,8(12)13)7-4-2-1-3-5-7/h1-6H,(H,12,13). The Labute approximate surface area is 79.9 Å². The van der Waals surface area contributed by atoms with Crippen LogP contribution in [0.2, 0.25) is 0 Å². The van der Waals surface area contributed by atoms with E-state index in [-0.39, 0.29) is 11.8 Å². The molecule has 1 N–H and O–H groups in total. The molecule has 0 saturated carbocycles. The van der Waals surface area contributed by atoms with E-state index in [0.717, 1.165) is 0 Å². The fraction of sp³-hybridized carbons (Fsp3) is 0.111. The SMILES string of the molecule is O=CC(Cl)(C(=O)O)c1ccccc1. The summed E-state index contributed by atoms with van der Waals surface area (Å²) in [6.45, 7) is 0. The second-order valence-corrected chi connectivity index (χ2v) is 3.10. The topological polar surface area (TPSA) is 54.4 Å². The van der Waals surface area contributed by atoms with Gasteiger partial charge in [-0.1, -0.05) is 41.9 Å². The van der Waals surface area contributed by atoms with Crippen LogP contribution in [-0.4, -0.2) is 17.4 Å². The number of carbonyl (C=O) groups excluding carboxylic acids is 1. The molecule has 0 aliphatic rings. The van der Waals surface area contributed by atoms with Crippen LogP contribution in [0.3, 0.4) is 0 Å². The molecule has 0 fully saturated rings. The molecule has 0 radical (unpaired) electrons. The molecule has 3 nitrogen and oxygen atoms in total. The van der Waals surface area contributed by atoms with E-state index in [4.69, 9.17) is 16.7 Å². The van der Waals surface area contributed by atoms with Crippen LogP contribution < -0.4 is 0 Å². The number of hydrogen-bond acceptors (Lipinski definition) is 2. The molecule has 13 heavy (non-hydrogen) atoms. The number of halogens is 1. The van der Waals surface area contributed by atoms with Crippen molar-refractivity contribution >= 4 is 23.9 Å². The lowest BCUT2D eigenvalue weighted by atomic mass is 10.0. The Morgan fingerprint density at radius 1 is 1.38 bits per heavy atom. The minimum atomic E-state index is -1.96. The Hall–Kier alpha value is -1.35. The molecule has 1 unspecified atom stereocenters. The molecule has 1 aromatic carbocycles. The van der Waals surface area contributed by atoms with E-state index in [1.807, 2.05) is 0 Å². The van der Waals surface area contributed by atoms with Crippen molar-refractivity contribution in [2.24, 2.45) is 0 Å². The van der Waals surface area contributed by atoms with Crippen LogP contribution in [0.15, 0.2) is 30.3 Å². The van der Waals surface area contributed by atoms with Gasteiger partial charge in [0.2, 0.25) is 4.87 Å². The molecule has 0 aliphatic heterocycles. The summed E-state index contributed by atoms with van der Waals surface area (Å²) in [7, 11) is 0. The van der Waals surface area contributed by atoms with Crippen molar-refractivity contribution in [3.8, 4) is 0 Å². The first-order valence-electron chi connectivity index (χ1n) is 3.55. The van der Waals surface area contributed by atoms with E-state index in [1.165, 1.54) is 12.1 Å². The first kappa shape index (κ1) is 9.74. The average molecular weight is 199 g/mol. The number of hydrogen-bond donors (Lipinski definition) is 1. The maximum absolute atomic E-state index is 10.7. The van der Waals surface area contributed by atoms with Gasteiger partial charge in [0.25, 0.3) is 0 Å². The number of carboxylic acid groups (broad SMARTS) is 1. The smallest absolute Gasteiger partial charge is 0.336 e. The molecular weight excluding hydrogens is 192 g/mol. The molecule has 4 heteroatoms. The lowest BCUT2D eigenvalue weighted by Crippen LogP contribution is -2.31. The number of carbonyl (C=O) groups is 2. The summed E-state index contributed by atoms with van der Waals surface area (Å²) < 4.78 is 0. The molecule has 0 heterocycles. The molecule has 1 rings (SSSR count). The van der Waals surface area contributed by atoms with Gasteiger partial charge in [-0.15, -0.1) is 0 Å². The van der Waals surface area contributed by atoms with E-state index in [9.17, 15) is 9.59 Å². The summed E-state index contributed by atoms with van der Waals surface area (Å²) in [5.41, 5.74) is 0.263. The maximum Gasteiger partial charge on any atom is 0.336 e. The summed E-state index contributed by atoms with van der Waals surface area (Å²) in [5, 5.41) is 8.72. The van der Waals surface area contributed by atoms with Gasteiger partial charge in [-0.3, -0.25) is 0 Å². The van der Waals surface area contributed by atoms with Gasteiger partial charge in [-0.05, 0) is 5.56 Å². The Kier molecular flexibility index (Phi) is 2.68. The van der Waals surface area contributed by atoms with Crippen LogP contribution in [0.1, 0.15) is 5.56 Å². The number of carboxylic acids is 1. The zero-order valence-electron chi connectivity index (χ0n) is 6.61. The van der Waals surface area contributed by atoms with Crippen molar-refractivity contribution in [1.29, 1.82) is 0 Å². The second-order valence-electron chi connectivity index (χ2n) is 2.50. The van der Waals surface area contributed by atoms with E-state index < -0.39 is 10.8 Å². The van der Waals surface area contributed by atoms with E-state index in [1.54, 1.807) is 18.2 Å². The predicted octanol–water partition coefficient (Wildman–Crippen LogP) is 1.40. The second kappa shape index (κ2) is 3.58. The lowest BCUT2D eigenvalue weighted by molar-refractivity contribution is -0.142. The van der Waals surface area contributed by atoms with E-state index in [2.05, 4.69) is 0 Å². The highest BCUT2D eigenvalue weighted by Crippen LogP contribution is 2.26. The van der Waals surface area contributed by atoms with Gasteiger partial charge in [0.1, 0.15) is 0 Å². The summed E-state index contributed by atoms with van der Waals surface area (Å²) in [5.74, 6) is -1.37. The first-order valence-corrected chi connectivity index (χ1v) is 3.93. The fourth-order valence-corrected chi connectivity index (χ4v) is 1.05. The van der Waals surface area contributed by atoms with Crippen molar-refractivity contribution in [3.63, 3.8) is 0 Å². The Morgan fingerprint density at radius 3 is 2.31 bits per heavy atom. The van der Waals surface area contributed by atoms with Crippen LogP contribution in [0.4, 0.5) is 0 Å². The molecule has 0 amide bonds. The predicted molar refractivity (Wildman–Crippen MR) is 47.7 cm³/mol. The normalized spacial score (nSPS) is 14.5. The van der Waals surface area contributed by atoms with Gasteiger partial charge in [-0.2, -0.15) is 0 Å². The number of aliphatic carboxylic acids is 1. The van der Waals surface area contributed by atoms with Crippen molar-refractivity contribution in [1.82, 2.24) is 0 Å². The minimum absolute atomic E-state index is 0.215. The monoisotopic (exact) mass is 198 g/mol. The first-order chi connectivity index (χ1) is 6.11. The number of aldehydes is 1. The van der Waals surface area contributed by atoms with Gasteiger partial charge in [-0.25, -0.2) is 4.79 Å². The Balaban J connectivity index is 3.18. The molecule has 0 aromatic heterocycles. The Morgan fingerprint density at radius 2 is 1.92 bits per heavy atom. The summed E-state index contributed by atoms with van der Waals surface area (Å²) in [4.78, 5) is 19.3. The van der Waals surface area contributed by atoms with Crippen LogP contribution in [0, 0.1) is 0 Å². The maximum atomic E-state index is 10.7. The van der Waals surface area contributed by atoms with Crippen LogP contribution in [-0.2, 0) is 14.5 Å². The highest BCUT2D eigenvalue weighted by Gasteiger charge is 2.37. The molecule has 0 spiro atoms. The van der Waals surface area contributed by atoms with Crippen molar-refractivity contribution in [2.45, 2.75) is 4.87 Å². The molecular formula is C9H7ClO3. The van der Waals surface area contributed by atoms with Crippen molar-refractivity contribution in [2.75, 3.05) is 0 Å². The largest absolute Gasteiger partial charge is 0.479 e. The lowest BCUT2D eigenvalue weighted by Gasteiger charge is -2.14. The van der Waals surface area contributed by atoms with Crippen molar-refractivity contribution in [3.05, 3.63) is 35.9 Å². The molecule has 0 bridgehead atoms. The molecule has 68 valence electrons. The summed E-state index contributed by atoms with van der Waals surface area (Å²) in [6.07, 6.45) is 0.215. The van der Waals surface area contributed by atoms with Crippen LogP contribution >= 0.6 is 11.6 Å². The molecule has 0 saturated heterocycles. The molecule has 1 aromatic rings. The average Bonchev–Trinajstić information content (AvgIpc) is 2.17. The highest BCUT2D eigenvalue weighted by atomic mass is 35.5. The molecule has 0 aliphatic carbocycles. The van der Waals surface area contributed by atoms with E-state index in [0.29, 0.717) is 0 Å². The van der Waals surface area contributed by atoms with E-state index >= 15 is 0 Å².